The highest BCUT2D eigenvalue weighted by Crippen LogP contribution is 2.32. The number of benzene rings is 1. The molecule has 2 saturated heterocycles. The number of carbonyl (C=O) groups is 2. The van der Waals surface area contributed by atoms with Gasteiger partial charge in [0.25, 0.3) is 11.5 Å². The van der Waals surface area contributed by atoms with Crippen molar-refractivity contribution in [2.45, 2.75) is 58.1 Å². The van der Waals surface area contributed by atoms with E-state index in [1.54, 1.807) is 29.2 Å². The van der Waals surface area contributed by atoms with E-state index in [-0.39, 0.29) is 23.7 Å². The fourth-order valence-electron chi connectivity index (χ4n) is 5.18. The van der Waals surface area contributed by atoms with Gasteiger partial charge in [0.1, 0.15) is 17.0 Å². The van der Waals surface area contributed by atoms with Crippen molar-refractivity contribution in [3.8, 4) is 6.07 Å². The molecule has 2 aliphatic rings. The zero-order valence-corrected chi connectivity index (χ0v) is 25.5. The number of H-pyrrole nitrogens is 1. The quantitative estimate of drug-likeness (QED) is 0.284. The lowest BCUT2D eigenvalue weighted by Crippen LogP contribution is -2.51. The second-order valence-electron chi connectivity index (χ2n) is 11.7. The van der Waals surface area contributed by atoms with Gasteiger partial charge in [-0.05, 0) is 70.4 Å². The maximum Gasteiger partial charge on any atom is 0.410 e. The van der Waals surface area contributed by atoms with E-state index in [2.05, 4.69) is 21.7 Å². The van der Waals surface area contributed by atoms with Crippen LogP contribution in [0.15, 0.2) is 35.3 Å². The molecule has 2 aromatic rings. The third-order valence-electron chi connectivity index (χ3n) is 7.42. The molecule has 0 spiro atoms. The van der Waals surface area contributed by atoms with Crippen LogP contribution in [0.5, 0.6) is 0 Å². The van der Waals surface area contributed by atoms with Crippen molar-refractivity contribution in [2.75, 3.05) is 48.3 Å². The number of thioether (sulfide) groups is 1. The molecule has 42 heavy (non-hydrogen) atoms. The number of likely N-dealkylation sites (tertiary alicyclic amines) is 1. The molecule has 0 saturated carbocycles. The van der Waals surface area contributed by atoms with Crippen LogP contribution in [-0.2, 0) is 4.74 Å². The minimum atomic E-state index is -0.693. The molecule has 4 N–H and O–H groups in total. The van der Waals surface area contributed by atoms with Gasteiger partial charge in [0.05, 0.1) is 23.7 Å². The zero-order chi connectivity index (χ0) is 30.5. The molecule has 2 aliphatic heterocycles. The van der Waals surface area contributed by atoms with Crippen molar-refractivity contribution in [1.29, 1.82) is 10.7 Å². The van der Waals surface area contributed by atoms with Crippen molar-refractivity contribution in [1.82, 2.24) is 14.8 Å². The highest BCUT2D eigenvalue weighted by atomic mass is 32.2. The van der Waals surface area contributed by atoms with E-state index in [1.165, 1.54) is 6.20 Å². The lowest BCUT2D eigenvalue weighted by atomic mass is 9.84. The Bertz CT molecular complexity index is 1430. The summed E-state index contributed by atoms with van der Waals surface area (Å²) < 4.78 is 5.50. The van der Waals surface area contributed by atoms with Crippen LogP contribution < -0.4 is 16.2 Å². The molecular formula is C30H39N7O4S. The summed E-state index contributed by atoms with van der Waals surface area (Å²) >= 11 is 1.84. The van der Waals surface area contributed by atoms with Gasteiger partial charge in [-0.15, -0.1) is 0 Å². The van der Waals surface area contributed by atoms with Gasteiger partial charge in [0.15, 0.2) is 0 Å². The number of piperidine rings is 1. The van der Waals surface area contributed by atoms with Gasteiger partial charge in [-0.3, -0.25) is 15.0 Å². The summed E-state index contributed by atoms with van der Waals surface area (Å²) in [6.45, 7) is 9.54. The third-order valence-corrected chi connectivity index (χ3v) is 8.37. The Balaban J connectivity index is 1.50. The number of amidine groups is 1. The van der Waals surface area contributed by atoms with Crippen molar-refractivity contribution < 1.29 is 14.3 Å². The number of nitrogens with zero attached hydrogens (tertiary/aromatic N) is 3. The molecular weight excluding hydrogens is 554 g/mol. The Kier molecular flexibility index (Phi) is 9.51. The lowest BCUT2D eigenvalue weighted by Gasteiger charge is -2.42. The first-order chi connectivity index (χ1) is 19.9. The van der Waals surface area contributed by atoms with Crippen LogP contribution in [-0.4, -0.2) is 81.4 Å². The van der Waals surface area contributed by atoms with Gasteiger partial charge in [0.2, 0.25) is 0 Å². The number of nitriles is 1. The minimum absolute atomic E-state index is 0.000855. The van der Waals surface area contributed by atoms with E-state index in [9.17, 15) is 19.6 Å². The van der Waals surface area contributed by atoms with Gasteiger partial charge in [-0.25, -0.2) is 4.79 Å². The Hall–Kier alpha value is -3.98. The SMILES string of the molecule is Cc1cc(NC(=N)c2c(NC3(CC#N)CCN(C(=O)OC(C)(C)C)CC3)cc[nH]c2=O)ccc1C(=O)N1CCSCC1. The van der Waals surface area contributed by atoms with Crippen LogP contribution in [0, 0.1) is 23.7 Å². The average molecular weight is 594 g/mol. The van der Waals surface area contributed by atoms with Gasteiger partial charge >= 0.3 is 6.09 Å². The molecule has 12 heteroatoms. The standard InChI is InChI=1S/C30H39N7O4S/c1-20-19-21(5-6-22(20)27(39)36-15-17-42-18-16-36)34-25(32)24-23(7-12-33-26(24)38)35-30(8-11-31)9-13-37(14-10-30)28(40)41-29(2,3)4/h5-7,12,19H,8-10,13-18H2,1-4H3,(H2,32,34)(H2,33,35,38). The fourth-order valence-corrected chi connectivity index (χ4v) is 6.09. The molecule has 0 unspecified atom stereocenters. The fraction of sp³-hybridized carbons (Fsp3) is 0.500. The normalized spacial score (nSPS) is 16.7. The number of nitrogens with one attached hydrogen (secondary N) is 4. The number of hydrogen-bond acceptors (Lipinski definition) is 8. The van der Waals surface area contributed by atoms with Crippen molar-refractivity contribution in [3.63, 3.8) is 0 Å². The van der Waals surface area contributed by atoms with E-state index in [0.717, 1.165) is 30.2 Å². The Morgan fingerprint density at radius 2 is 1.83 bits per heavy atom. The van der Waals surface area contributed by atoms with E-state index in [1.807, 2.05) is 44.4 Å². The Morgan fingerprint density at radius 3 is 2.45 bits per heavy atom. The van der Waals surface area contributed by atoms with Gasteiger partial charge in [-0.1, -0.05) is 0 Å². The molecule has 2 amide bonds. The molecule has 2 fully saturated rings. The third kappa shape index (κ3) is 7.45. The first-order valence-corrected chi connectivity index (χ1v) is 15.3. The van der Waals surface area contributed by atoms with Gasteiger partial charge in [0, 0.05) is 55.1 Å². The molecule has 4 rings (SSSR count). The summed E-state index contributed by atoms with van der Waals surface area (Å²) in [4.78, 5) is 44.7. The number of aromatic nitrogens is 1. The number of aromatic amines is 1. The molecule has 11 nitrogen and oxygen atoms in total. The minimum Gasteiger partial charge on any atom is -0.444 e. The molecule has 0 radical (unpaired) electrons. The highest BCUT2D eigenvalue weighted by Gasteiger charge is 2.38. The summed E-state index contributed by atoms with van der Waals surface area (Å²) in [6.07, 6.45) is 2.20. The molecule has 3 heterocycles. The van der Waals surface area contributed by atoms with E-state index in [4.69, 9.17) is 10.1 Å². The number of carbonyl (C=O) groups excluding carboxylic acids is 2. The van der Waals surface area contributed by atoms with Crippen LogP contribution in [0.4, 0.5) is 16.2 Å². The number of anilines is 2. The maximum absolute atomic E-state index is 13.0. The zero-order valence-electron chi connectivity index (χ0n) is 24.6. The number of amides is 2. The monoisotopic (exact) mass is 593 g/mol. The number of ether oxygens (including phenoxy) is 1. The van der Waals surface area contributed by atoms with Crippen molar-refractivity contribution in [3.05, 3.63) is 57.5 Å². The lowest BCUT2D eigenvalue weighted by molar-refractivity contribution is 0.0179. The van der Waals surface area contributed by atoms with Crippen LogP contribution in [0.2, 0.25) is 0 Å². The van der Waals surface area contributed by atoms with E-state index >= 15 is 0 Å². The van der Waals surface area contributed by atoms with Crippen molar-refractivity contribution >= 4 is 41.0 Å². The summed E-state index contributed by atoms with van der Waals surface area (Å²) in [7, 11) is 0. The highest BCUT2D eigenvalue weighted by molar-refractivity contribution is 7.99. The Labute approximate surface area is 250 Å². The smallest absolute Gasteiger partial charge is 0.410 e. The molecule has 224 valence electrons. The average Bonchev–Trinajstić information content (AvgIpc) is 2.93. The number of pyridine rings is 1. The summed E-state index contributed by atoms with van der Waals surface area (Å²) in [5.41, 5.74) is 0.747. The summed E-state index contributed by atoms with van der Waals surface area (Å²) in [5.74, 6) is 1.74. The van der Waals surface area contributed by atoms with E-state index in [0.29, 0.717) is 42.9 Å². The number of rotatable bonds is 6. The van der Waals surface area contributed by atoms with Crippen LogP contribution in [0.1, 0.15) is 61.5 Å². The van der Waals surface area contributed by atoms with Crippen LogP contribution >= 0.6 is 11.8 Å². The molecule has 1 aromatic carbocycles. The Morgan fingerprint density at radius 1 is 1.14 bits per heavy atom. The van der Waals surface area contributed by atoms with Crippen LogP contribution in [0.3, 0.4) is 0 Å². The summed E-state index contributed by atoms with van der Waals surface area (Å²) in [5, 5.41) is 24.8. The molecule has 0 atom stereocenters. The maximum atomic E-state index is 13.0. The second-order valence-corrected chi connectivity index (χ2v) is 13.0. The number of aryl methyl sites for hydroxylation is 1. The van der Waals surface area contributed by atoms with Crippen LogP contribution in [0.25, 0.3) is 0 Å². The van der Waals surface area contributed by atoms with Gasteiger partial charge in [-0.2, -0.15) is 17.0 Å². The second kappa shape index (κ2) is 12.9. The predicted octanol–water partition coefficient (Wildman–Crippen LogP) is 4.41. The first kappa shape index (κ1) is 31.0. The molecule has 0 bridgehead atoms. The van der Waals surface area contributed by atoms with Crippen molar-refractivity contribution in [2.24, 2.45) is 0 Å². The molecule has 1 aromatic heterocycles. The first-order valence-electron chi connectivity index (χ1n) is 14.1. The largest absolute Gasteiger partial charge is 0.444 e. The molecule has 0 aliphatic carbocycles. The predicted molar refractivity (Wildman–Crippen MR) is 166 cm³/mol. The van der Waals surface area contributed by atoms with Gasteiger partial charge < -0.3 is 30.2 Å². The van der Waals surface area contributed by atoms with E-state index < -0.39 is 22.8 Å². The topological polar surface area (TPSA) is 154 Å². The number of hydrogen-bond donors (Lipinski definition) is 4. The summed E-state index contributed by atoms with van der Waals surface area (Å²) in [6, 6.07) is 9.21.